The molecule has 1 aromatic carbocycles. The number of nitrogens with zero attached hydrogens (tertiary/aromatic N) is 2. The normalized spacial score (nSPS) is 24.1. The maximum Gasteiger partial charge on any atom is 0.241 e. The van der Waals surface area contributed by atoms with Gasteiger partial charge in [-0.1, -0.05) is 0 Å². The highest BCUT2D eigenvalue weighted by atomic mass is 16.5. The molecule has 0 saturated carbocycles. The van der Waals surface area contributed by atoms with Crippen LogP contribution in [0.25, 0.3) is 0 Å². The zero-order valence-corrected chi connectivity index (χ0v) is 12.7. The Morgan fingerprint density at radius 1 is 1.33 bits per heavy atom. The fourth-order valence-corrected chi connectivity index (χ4v) is 2.57. The van der Waals surface area contributed by atoms with Crippen LogP contribution in [-0.2, 0) is 9.53 Å². The predicted molar refractivity (Wildman–Crippen MR) is 80.8 cm³/mol. The summed E-state index contributed by atoms with van der Waals surface area (Å²) in [7, 11) is 0. The zero-order valence-electron chi connectivity index (χ0n) is 12.7. The van der Waals surface area contributed by atoms with Crippen molar-refractivity contribution >= 4 is 11.6 Å². The maximum atomic E-state index is 12.3. The highest BCUT2D eigenvalue weighted by Gasteiger charge is 2.29. The van der Waals surface area contributed by atoms with Crippen molar-refractivity contribution in [2.45, 2.75) is 39.0 Å². The smallest absolute Gasteiger partial charge is 0.241 e. The van der Waals surface area contributed by atoms with Crippen molar-refractivity contribution in [2.75, 3.05) is 18.4 Å². The van der Waals surface area contributed by atoms with Gasteiger partial charge in [-0.25, -0.2) is 0 Å². The molecular formula is C16H21N3O2. The van der Waals surface area contributed by atoms with Gasteiger partial charge in [-0.2, -0.15) is 5.26 Å². The van der Waals surface area contributed by atoms with Crippen molar-refractivity contribution in [1.82, 2.24) is 4.90 Å². The van der Waals surface area contributed by atoms with Crippen molar-refractivity contribution in [2.24, 2.45) is 0 Å². The predicted octanol–water partition coefficient (Wildman–Crippen LogP) is 1.99. The molecule has 5 nitrogen and oxygen atoms in total. The van der Waals surface area contributed by atoms with Gasteiger partial charge >= 0.3 is 0 Å². The van der Waals surface area contributed by atoms with Gasteiger partial charge in [0.1, 0.15) is 0 Å². The van der Waals surface area contributed by atoms with E-state index in [-0.39, 0.29) is 24.2 Å². The van der Waals surface area contributed by atoms with E-state index in [1.165, 1.54) is 0 Å². The Morgan fingerprint density at radius 2 is 1.90 bits per heavy atom. The lowest BCUT2D eigenvalue weighted by atomic mass is 10.1. The van der Waals surface area contributed by atoms with Gasteiger partial charge in [-0.15, -0.1) is 0 Å². The van der Waals surface area contributed by atoms with Crippen LogP contribution in [0.15, 0.2) is 24.3 Å². The molecule has 1 saturated heterocycles. The number of carbonyl (C=O) groups is 1. The number of amides is 1. The van der Waals surface area contributed by atoms with Gasteiger partial charge in [-0.05, 0) is 45.0 Å². The minimum Gasteiger partial charge on any atom is -0.373 e. The number of hydrogen-bond donors (Lipinski definition) is 1. The molecule has 1 fully saturated rings. The molecule has 1 aromatic rings. The van der Waals surface area contributed by atoms with E-state index in [1.54, 1.807) is 24.3 Å². The molecule has 21 heavy (non-hydrogen) atoms. The molecule has 3 atom stereocenters. The fraction of sp³-hybridized carbons (Fsp3) is 0.500. The molecule has 1 aliphatic heterocycles. The largest absolute Gasteiger partial charge is 0.373 e. The number of rotatable bonds is 3. The molecule has 0 spiro atoms. The van der Waals surface area contributed by atoms with Gasteiger partial charge < -0.3 is 10.1 Å². The summed E-state index contributed by atoms with van der Waals surface area (Å²) in [5.41, 5.74) is 1.29. The van der Waals surface area contributed by atoms with Crippen LogP contribution in [-0.4, -0.2) is 42.1 Å². The van der Waals surface area contributed by atoms with Crippen LogP contribution in [0.3, 0.4) is 0 Å². The summed E-state index contributed by atoms with van der Waals surface area (Å²) in [6, 6.07) is 8.72. The lowest BCUT2D eigenvalue weighted by molar-refractivity contribution is -0.126. The number of benzene rings is 1. The lowest BCUT2D eigenvalue weighted by Crippen LogP contribution is -2.52. The summed E-state index contributed by atoms with van der Waals surface area (Å²) in [5, 5.41) is 11.7. The summed E-state index contributed by atoms with van der Waals surface area (Å²) in [4.78, 5) is 14.5. The number of carbonyl (C=O) groups excluding carboxylic acids is 1. The van der Waals surface area contributed by atoms with Gasteiger partial charge in [-0.3, -0.25) is 9.69 Å². The number of nitriles is 1. The van der Waals surface area contributed by atoms with Crippen LogP contribution in [0, 0.1) is 11.3 Å². The molecule has 0 aromatic heterocycles. The fourth-order valence-electron chi connectivity index (χ4n) is 2.57. The van der Waals surface area contributed by atoms with E-state index in [9.17, 15) is 4.79 Å². The summed E-state index contributed by atoms with van der Waals surface area (Å²) >= 11 is 0. The Bertz CT molecular complexity index is 525. The van der Waals surface area contributed by atoms with Crippen molar-refractivity contribution < 1.29 is 9.53 Å². The van der Waals surface area contributed by atoms with Crippen LogP contribution in [0.1, 0.15) is 26.3 Å². The van der Waals surface area contributed by atoms with E-state index in [2.05, 4.69) is 16.3 Å². The van der Waals surface area contributed by atoms with Crippen LogP contribution < -0.4 is 5.32 Å². The standard InChI is InChI=1S/C16H21N3O2/c1-11-9-19(10-12(2)21-11)13(3)16(20)18-15-6-4-14(8-17)5-7-15/h4-7,11-13H,9-10H2,1-3H3,(H,18,20)/t11-,12+,13-/m0/s1. The third-order valence-corrected chi connectivity index (χ3v) is 3.66. The summed E-state index contributed by atoms with van der Waals surface area (Å²) in [6.07, 6.45) is 0.276. The molecule has 0 unspecified atom stereocenters. The molecule has 1 heterocycles. The topological polar surface area (TPSA) is 65.4 Å². The second-order valence-electron chi connectivity index (χ2n) is 5.57. The lowest BCUT2D eigenvalue weighted by Gasteiger charge is -2.38. The summed E-state index contributed by atoms with van der Waals surface area (Å²) in [6.45, 7) is 7.46. The molecule has 0 aliphatic carbocycles. The van der Waals surface area contributed by atoms with Crippen molar-refractivity contribution in [3.05, 3.63) is 29.8 Å². The van der Waals surface area contributed by atoms with Crippen LogP contribution in [0.2, 0.25) is 0 Å². The SMILES string of the molecule is C[C@@H]1CN([C@@H](C)C(=O)Nc2ccc(C#N)cc2)C[C@H](C)O1. The number of nitrogens with one attached hydrogen (secondary N) is 1. The number of hydrogen-bond acceptors (Lipinski definition) is 4. The second-order valence-corrected chi connectivity index (χ2v) is 5.57. The number of anilines is 1. The highest BCUT2D eigenvalue weighted by molar-refractivity contribution is 5.94. The molecule has 2 rings (SSSR count). The van der Waals surface area contributed by atoms with Crippen molar-refractivity contribution in [3.63, 3.8) is 0 Å². The monoisotopic (exact) mass is 287 g/mol. The minimum absolute atomic E-state index is 0.0407. The molecule has 1 N–H and O–H groups in total. The molecule has 0 radical (unpaired) electrons. The van der Waals surface area contributed by atoms with Crippen molar-refractivity contribution in [3.8, 4) is 6.07 Å². The van der Waals surface area contributed by atoms with E-state index < -0.39 is 0 Å². The number of morpholine rings is 1. The third-order valence-electron chi connectivity index (χ3n) is 3.66. The van der Waals surface area contributed by atoms with E-state index >= 15 is 0 Å². The van der Waals surface area contributed by atoms with Crippen molar-refractivity contribution in [1.29, 1.82) is 5.26 Å². The first-order valence-electron chi connectivity index (χ1n) is 7.20. The Hall–Kier alpha value is -1.90. The van der Waals surface area contributed by atoms with Gasteiger partial charge in [0.15, 0.2) is 0 Å². The average molecular weight is 287 g/mol. The Kier molecular flexibility index (Phi) is 4.94. The highest BCUT2D eigenvalue weighted by Crippen LogP contribution is 2.15. The van der Waals surface area contributed by atoms with E-state index in [4.69, 9.17) is 10.00 Å². The molecule has 112 valence electrons. The van der Waals surface area contributed by atoms with Gasteiger partial charge in [0.2, 0.25) is 5.91 Å². The van der Waals surface area contributed by atoms with E-state index in [0.717, 1.165) is 13.1 Å². The Balaban J connectivity index is 1.97. The molecule has 1 amide bonds. The van der Waals surface area contributed by atoms with E-state index in [1.807, 2.05) is 20.8 Å². The number of ether oxygens (including phenoxy) is 1. The second kappa shape index (κ2) is 6.70. The van der Waals surface area contributed by atoms with Crippen LogP contribution in [0.4, 0.5) is 5.69 Å². The molecule has 1 aliphatic rings. The van der Waals surface area contributed by atoms with Crippen LogP contribution >= 0.6 is 0 Å². The Labute approximate surface area is 125 Å². The van der Waals surface area contributed by atoms with E-state index in [0.29, 0.717) is 11.3 Å². The first-order valence-corrected chi connectivity index (χ1v) is 7.20. The third kappa shape index (κ3) is 4.03. The van der Waals surface area contributed by atoms with Gasteiger partial charge in [0.25, 0.3) is 0 Å². The zero-order chi connectivity index (χ0) is 15.4. The van der Waals surface area contributed by atoms with Gasteiger partial charge in [0.05, 0.1) is 29.9 Å². The minimum atomic E-state index is -0.213. The summed E-state index contributed by atoms with van der Waals surface area (Å²) < 4.78 is 5.69. The van der Waals surface area contributed by atoms with Crippen LogP contribution in [0.5, 0.6) is 0 Å². The first-order chi connectivity index (χ1) is 9.99. The maximum absolute atomic E-state index is 12.3. The molecular weight excluding hydrogens is 266 g/mol. The molecule has 0 bridgehead atoms. The van der Waals surface area contributed by atoms with Gasteiger partial charge in [0, 0.05) is 18.8 Å². The Morgan fingerprint density at radius 3 is 2.43 bits per heavy atom. The molecule has 5 heteroatoms. The summed E-state index contributed by atoms with van der Waals surface area (Å²) in [5.74, 6) is -0.0407. The quantitative estimate of drug-likeness (QED) is 0.923. The first kappa shape index (κ1) is 15.5. The average Bonchev–Trinajstić information content (AvgIpc) is 2.46.